The first kappa shape index (κ1) is 14.9. The van der Waals surface area contributed by atoms with E-state index in [4.69, 9.17) is 0 Å². The predicted molar refractivity (Wildman–Crippen MR) is 74.7 cm³/mol. The minimum Gasteiger partial charge on any atom is -0.394 e. The summed E-state index contributed by atoms with van der Waals surface area (Å²) in [7, 11) is 0. The smallest absolute Gasteiger partial charge is 0.293 e. The Balaban J connectivity index is 2.91. The van der Waals surface area contributed by atoms with E-state index in [2.05, 4.69) is 21.2 Å². The second kappa shape index (κ2) is 6.70. The van der Waals surface area contributed by atoms with E-state index in [1.807, 2.05) is 13.8 Å². The molecule has 6 heteroatoms. The minimum absolute atomic E-state index is 0.00609. The molecule has 0 saturated carbocycles. The summed E-state index contributed by atoms with van der Waals surface area (Å²) in [4.78, 5) is 10.5. The Morgan fingerprint density at radius 1 is 1.50 bits per heavy atom. The molecule has 0 spiro atoms. The van der Waals surface area contributed by atoms with Gasteiger partial charge in [-0.15, -0.1) is 0 Å². The molecule has 0 bridgehead atoms. The summed E-state index contributed by atoms with van der Waals surface area (Å²) in [6.45, 7) is 4.03. The molecule has 1 rings (SSSR count). The van der Waals surface area contributed by atoms with Crippen LogP contribution in [-0.4, -0.2) is 22.7 Å². The van der Waals surface area contributed by atoms with Crippen molar-refractivity contribution in [3.63, 3.8) is 0 Å². The number of hydrogen-bond acceptors (Lipinski definition) is 4. The Morgan fingerprint density at radius 2 is 2.17 bits per heavy atom. The molecule has 0 radical (unpaired) electrons. The fourth-order valence-corrected chi connectivity index (χ4v) is 2.09. The normalized spacial score (nSPS) is 12.5. The van der Waals surface area contributed by atoms with E-state index in [1.165, 1.54) is 6.07 Å². The van der Waals surface area contributed by atoms with Crippen molar-refractivity contribution >= 4 is 27.3 Å². The molecule has 0 heterocycles. The van der Waals surface area contributed by atoms with Crippen LogP contribution in [0.5, 0.6) is 0 Å². The number of halogens is 1. The molecule has 100 valence electrons. The number of rotatable bonds is 6. The molecule has 0 aliphatic carbocycles. The Kier molecular flexibility index (Phi) is 5.55. The molecule has 2 N–H and O–H groups in total. The fraction of sp³-hybridized carbons (Fsp3) is 0.500. The largest absolute Gasteiger partial charge is 0.394 e. The van der Waals surface area contributed by atoms with Crippen LogP contribution in [0.15, 0.2) is 22.7 Å². The molecule has 0 fully saturated rings. The van der Waals surface area contributed by atoms with Gasteiger partial charge in [-0.25, -0.2) is 0 Å². The van der Waals surface area contributed by atoms with E-state index in [1.54, 1.807) is 12.1 Å². The standard InChI is InChI=1S/C12H17BrN2O3/c1-8(2)5-10(7-16)14-11-4-3-9(13)6-12(11)15(17)18/h3-4,6,8,10,14,16H,5,7H2,1-2H3. The Labute approximate surface area is 114 Å². The van der Waals surface area contributed by atoms with Gasteiger partial charge in [0.05, 0.1) is 11.5 Å². The highest BCUT2D eigenvalue weighted by Gasteiger charge is 2.17. The average Bonchev–Trinajstić information content (AvgIpc) is 2.29. The Bertz CT molecular complexity index is 424. The number of nitrogens with one attached hydrogen (secondary N) is 1. The monoisotopic (exact) mass is 316 g/mol. The van der Waals surface area contributed by atoms with Gasteiger partial charge in [-0.1, -0.05) is 29.8 Å². The number of nitro groups is 1. The molecular formula is C12H17BrN2O3. The molecule has 1 atom stereocenters. The predicted octanol–water partition coefficient (Wildman–Crippen LogP) is 3.18. The van der Waals surface area contributed by atoms with E-state index in [0.717, 1.165) is 6.42 Å². The lowest BCUT2D eigenvalue weighted by molar-refractivity contribution is -0.384. The quantitative estimate of drug-likeness (QED) is 0.624. The van der Waals surface area contributed by atoms with Crippen LogP contribution in [0.1, 0.15) is 20.3 Å². The van der Waals surface area contributed by atoms with E-state index in [0.29, 0.717) is 16.1 Å². The first-order valence-electron chi connectivity index (χ1n) is 5.75. The zero-order valence-corrected chi connectivity index (χ0v) is 12.0. The maximum absolute atomic E-state index is 10.9. The molecule has 0 aromatic heterocycles. The third-order valence-corrected chi connectivity index (χ3v) is 2.99. The lowest BCUT2D eigenvalue weighted by Crippen LogP contribution is -2.25. The first-order valence-corrected chi connectivity index (χ1v) is 6.54. The maximum atomic E-state index is 10.9. The summed E-state index contributed by atoms with van der Waals surface area (Å²) in [5.41, 5.74) is 0.439. The average molecular weight is 317 g/mol. The fourth-order valence-electron chi connectivity index (χ4n) is 1.75. The van der Waals surface area contributed by atoms with Crippen molar-refractivity contribution in [3.8, 4) is 0 Å². The topological polar surface area (TPSA) is 75.4 Å². The van der Waals surface area contributed by atoms with Crippen molar-refractivity contribution in [2.45, 2.75) is 26.3 Å². The van der Waals surface area contributed by atoms with Gasteiger partial charge in [0.1, 0.15) is 5.69 Å². The zero-order valence-electron chi connectivity index (χ0n) is 10.4. The van der Waals surface area contributed by atoms with Gasteiger partial charge in [-0.05, 0) is 24.5 Å². The van der Waals surface area contributed by atoms with E-state index < -0.39 is 4.92 Å². The van der Waals surface area contributed by atoms with Crippen LogP contribution in [0, 0.1) is 16.0 Å². The van der Waals surface area contributed by atoms with Crippen molar-refractivity contribution in [1.29, 1.82) is 0 Å². The van der Waals surface area contributed by atoms with Crippen LogP contribution in [0.3, 0.4) is 0 Å². The highest BCUT2D eigenvalue weighted by Crippen LogP contribution is 2.29. The third kappa shape index (κ3) is 4.27. The third-order valence-electron chi connectivity index (χ3n) is 2.49. The number of aliphatic hydroxyl groups is 1. The summed E-state index contributed by atoms with van der Waals surface area (Å²) in [6, 6.07) is 4.65. The molecule has 18 heavy (non-hydrogen) atoms. The van der Waals surface area contributed by atoms with E-state index in [-0.39, 0.29) is 18.3 Å². The van der Waals surface area contributed by atoms with Gasteiger partial charge >= 0.3 is 0 Å². The number of aliphatic hydroxyl groups excluding tert-OH is 1. The van der Waals surface area contributed by atoms with Gasteiger partial charge in [-0.2, -0.15) is 0 Å². The summed E-state index contributed by atoms with van der Waals surface area (Å²) in [5.74, 6) is 0.407. The summed E-state index contributed by atoms with van der Waals surface area (Å²) in [6.07, 6.45) is 0.754. The van der Waals surface area contributed by atoms with Crippen molar-refractivity contribution in [1.82, 2.24) is 0 Å². The van der Waals surface area contributed by atoms with Crippen LogP contribution in [0.4, 0.5) is 11.4 Å². The van der Waals surface area contributed by atoms with Crippen LogP contribution in [0.25, 0.3) is 0 Å². The lowest BCUT2D eigenvalue weighted by atomic mass is 10.0. The molecular weight excluding hydrogens is 300 g/mol. The van der Waals surface area contributed by atoms with Gasteiger partial charge < -0.3 is 10.4 Å². The molecule has 1 aromatic carbocycles. The zero-order chi connectivity index (χ0) is 13.7. The van der Waals surface area contributed by atoms with Crippen molar-refractivity contribution in [3.05, 3.63) is 32.8 Å². The molecule has 1 unspecified atom stereocenters. The number of nitrogens with zero attached hydrogens (tertiary/aromatic N) is 1. The van der Waals surface area contributed by atoms with E-state index in [9.17, 15) is 15.2 Å². The second-order valence-corrected chi connectivity index (χ2v) is 5.49. The van der Waals surface area contributed by atoms with Crippen molar-refractivity contribution < 1.29 is 10.0 Å². The van der Waals surface area contributed by atoms with Gasteiger partial charge in [0, 0.05) is 16.6 Å². The SMILES string of the molecule is CC(C)CC(CO)Nc1ccc(Br)cc1[N+](=O)[O-]. The minimum atomic E-state index is -0.434. The van der Waals surface area contributed by atoms with Crippen LogP contribution in [-0.2, 0) is 0 Å². The Hall–Kier alpha value is -1.14. The molecule has 1 aromatic rings. The number of anilines is 1. The Morgan fingerprint density at radius 3 is 2.67 bits per heavy atom. The molecule has 0 aliphatic rings. The highest BCUT2D eigenvalue weighted by atomic mass is 79.9. The van der Waals surface area contributed by atoms with Gasteiger partial charge in [0.2, 0.25) is 0 Å². The summed E-state index contributed by atoms with van der Waals surface area (Å²) in [5, 5.41) is 23.3. The van der Waals surface area contributed by atoms with Gasteiger partial charge in [0.15, 0.2) is 0 Å². The molecule has 0 saturated heterocycles. The van der Waals surface area contributed by atoms with Crippen LogP contribution >= 0.6 is 15.9 Å². The molecule has 5 nitrogen and oxygen atoms in total. The number of benzene rings is 1. The summed E-state index contributed by atoms with van der Waals surface area (Å²) >= 11 is 3.21. The van der Waals surface area contributed by atoms with Crippen LogP contribution < -0.4 is 5.32 Å². The van der Waals surface area contributed by atoms with Crippen molar-refractivity contribution in [2.24, 2.45) is 5.92 Å². The highest BCUT2D eigenvalue weighted by molar-refractivity contribution is 9.10. The maximum Gasteiger partial charge on any atom is 0.293 e. The lowest BCUT2D eigenvalue weighted by Gasteiger charge is -2.19. The van der Waals surface area contributed by atoms with E-state index >= 15 is 0 Å². The molecule has 0 amide bonds. The number of hydrogen-bond donors (Lipinski definition) is 2. The first-order chi connectivity index (χ1) is 8.43. The van der Waals surface area contributed by atoms with Crippen LogP contribution in [0.2, 0.25) is 0 Å². The van der Waals surface area contributed by atoms with Gasteiger partial charge in [-0.3, -0.25) is 10.1 Å². The van der Waals surface area contributed by atoms with Crippen molar-refractivity contribution in [2.75, 3.05) is 11.9 Å². The second-order valence-electron chi connectivity index (χ2n) is 4.57. The van der Waals surface area contributed by atoms with Gasteiger partial charge in [0.25, 0.3) is 5.69 Å². The number of nitro benzene ring substituents is 1. The summed E-state index contributed by atoms with van der Waals surface area (Å²) < 4.78 is 0.657. The molecule has 0 aliphatic heterocycles.